The maximum atomic E-state index is 12.7. The molecule has 2 nitrogen and oxygen atoms in total. The second kappa shape index (κ2) is 6.39. The zero-order chi connectivity index (χ0) is 14.6. The SMILES string of the molecule is CCN(C(C)C)C(CN)c1cccc(C(F)(F)F)c1. The fourth-order valence-corrected chi connectivity index (χ4v) is 2.33. The summed E-state index contributed by atoms with van der Waals surface area (Å²) in [5, 5.41) is 0. The summed E-state index contributed by atoms with van der Waals surface area (Å²) in [7, 11) is 0. The van der Waals surface area contributed by atoms with Crippen molar-refractivity contribution in [3.05, 3.63) is 35.4 Å². The van der Waals surface area contributed by atoms with E-state index in [0.29, 0.717) is 12.1 Å². The quantitative estimate of drug-likeness (QED) is 0.891. The van der Waals surface area contributed by atoms with E-state index >= 15 is 0 Å². The largest absolute Gasteiger partial charge is 0.416 e. The number of nitrogens with zero attached hydrogens (tertiary/aromatic N) is 1. The molecule has 0 amide bonds. The van der Waals surface area contributed by atoms with Crippen molar-refractivity contribution in [1.82, 2.24) is 4.90 Å². The third kappa shape index (κ3) is 3.94. The van der Waals surface area contributed by atoms with Gasteiger partial charge >= 0.3 is 6.18 Å². The van der Waals surface area contributed by atoms with Gasteiger partial charge in [-0.05, 0) is 38.1 Å². The molecule has 1 unspecified atom stereocenters. The van der Waals surface area contributed by atoms with Gasteiger partial charge < -0.3 is 5.73 Å². The Balaban J connectivity index is 3.12. The Bertz CT molecular complexity index is 402. The number of nitrogens with two attached hydrogens (primary N) is 1. The average Bonchev–Trinajstić information content (AvgIpc) is 2.34. The van der Waals surface area contributed by atoms with Crippen LogP contribution in [0, 0.1) is 0 Å². The zero-order valence-corrected chi connectivity index (χ0v) is 11.5. The van der Waals surface area contributed by atoms with Gasteiger partial charge in [0.15, 0.2) is 0 Å². The number of halogens is 3. The summed E-state index contributed by atoms with van der Waals surface area (Å²) in [5.74, 6) is 0. The van der Waals surface area contributed by atoms with E-state index in [-0.39, 0.29) is 12.1 Å². The van der Waals surface area contributed by atoms with Crippen molar-refractivity contribution in [1.29, 1.82) is 0 Å². The maximum absolute atomic E-state index is 12.7. The molecule has 2 N–H and O–H groups in total. The number of hydrogen-bond donors (Lipinski definition) is 1. The van der Waals surface area contributed by atoms with Crippen LogP contribution in [0.2, 0.25) is 0 Å². The molecule has 1 rings (SSSR count). The molecule has 1 aromatic rings. The van der Waals surface area contributed by atoms with Gasteiger partial charge in [-0.3, -0.25) is 4.90 Å². The van der Waals surface area contributed by atoms with E-state index in [1.165, 1.54) is 12.1 Å². The molecule has 0 saturated carbocycles. The van der Waals surface area contributed by atoms with Crippen LogP contribution < -0.4 is 5.73 Å². The Morgan fingerprint density at radius 2 is 1.89 bits per heavy atom. The van der Waals surface area contributed by atoms with Crippen molar-refractivity contribution >= 4 is 0 Å². The molecule has 0 aliphatic carbocycles. The molecule has 0 aliphatic heterocycles. The van der Waals surface area contributed by atoms with Gasteiger partial charge in [-0.1, -0.05) is 19.1 Å². The number of hydrogen-bond acceptors (Lipinski definition) is 2. The first-order valence-electron chi connectivity index (χ1n) is 6.44. The second-order valence-corrected chi connectivity index (χ2v) is 4.80. The van der Waals surface area contributed by atoms with E-state index in [4.69, 9.17) is 5.73 Å². The van der Waals surface area contributed by atoms with E-state index in [1.54, 1.807) is 6.07 Å². The predicted octanol–water partition coefficient (Wildman–Crippen LogP) is 3.44. The standard InChI is InChI=1S/C14H21F3N2/c1-4-19(10(2)3)13(9-18)11-6-5-7-12(8-11)14(15,16)17/h5-8,10,13H,4,9,18H2,1-3H3. The summed E-state index contributed by atoms with van der Waals surface area (Å²) in [4.78, 5) is 2.09. The monoisotopic (exact) mass is 274 g/mol. The fraction of sp³-hybridized carbons (Fsp3) is 0.571. The molecule has 0 heterocycles. The lowest BCUT2D eigenvalue weighted by Crippen LogP contribution is -2.38. The van der Waals surface area contributed by atoms with Crippen LogP contribution in [0.4, 0.5) is 13.2 Å². The van der Waals surface area contributed by atoms with Crippen LogP contribution >= 0.6 is 0 Å². The third-order valence-corrected chi connectivity index (χ3v) is 3.25. The van der Waals surface area contributed by atoms with Crippen molar-refractivity contribution in [3.8, 4) is 0 Å². The first-order valence-corrected chi connectivity index (χ1v) is 6.44. The summed E-state index contributed by atoms with van der Waals surface area (Å²) in [6, 6.07) is 5.47. The Labute approximate surface area is 112 Å². The highest BCUT2D eigenvalue weighted by Gasteiger charge is 2.31. The molecule has 0 saturated heterocycles. The van der Waals surface area contributed by atoms with Gasteiger partial charge in [0.1, 0.15) is 0 Å². The van der Waals surface area contributed by atoms with Gasteiger partial charge in [-0.2, -0.15) is 13.2 Å². The van der Waals surface area contributed by atoms with Gasteiger partial charge in [0, 0.05) is 18.6 Å². The van der Waals surface area contributed by atoms with Crippen molar-refractivity contribution < 1.29 is 13.2 Å². The smallest absolute Gasteiger partial charge is 0.329 e. The molecular weight excluding hydrogens is 253 g/mol. The van der Waals surface area contributed by atoms with Gasteiger partial charge in [0.05, 0.1) is 5.56 Å². The molecule has 0 bridgehead atoms. The molecule has 0 aromatic heterocycles. The molecule has 1 aromatic carbocycles. The lowest BCUT2D eigenvalue weighted by Gasteiger charge is -2.33. The molecule has 5 heteroatoms. The van der Waals surface area contributed by atoms with Crippen molar-refractivity contribution in [2.75, 3.05) is 13.1 Å². The summed E-state index contributed by atoms with van der Waals surface area (Å²) >= 11 is 0. The van der Waals surface area contributed by atoms with Crippen LogP contribution in [0.25, 0.3) is 0 Å². The highest BCUT2D eigenvalue weighted by Crippen LogP contribution is 2.32. The van der Waals surface area contributed by atoms with Crippen LogP contribution in [-0.4, -0.2) is 24.0 Å². The molecule has 1 atom stereocenters. The van der Waals surface area contributed by atoms with Gasteiger partial charge in [0.2, 0.25) is 0 Å². The van der Waals surface area contributed by atoms with E-state index in [1.807, 2.05) is 20.8 Å². The molecule has 108 valence electrons. The van der Waals surface area contributed by atoms with Crippen LogP contribution in [0.5, 0.6) is 0 Å². The minimum atomic E-state index is -4.32. The lowest BCUT2D eigenvalue weighted by molar-refractivity contribution is -0.137. The first-order chi connectivity index (χ1) is 8.81. The minimum absolute atomic E-state index is 0.188. The Morgan fingerprint density at radius 3 is 2.32 bits per heavy atom. The number of benzene rings is 1. The molecule has 0 fully saturated rings. The zero-order valence-electron chi connectivity index (χ0n) is 11.5. The van der Waals surface area contributed by atoms with Crippen LogP contribution in [0.15, 0.2) is 24.3 Å². The van der Waals surface area contributed by atoms with E-state index < -0.39 is 11.7 Å². The average molecular weight is 274 g/mol. The second-order valence-electron chi connectivity index (χ2n) is 4.80. The van der Waals surface area contributed by atoms with Gasteiger partial charge in [-0.25, -0.2) is 0 Å². The number of alkyl halides is 3. The molecule has 0 spiro atoms. The predicted molar refractivity (Wildman–Crippen MR) is 70.8 cm³/mol. The minimum Gasteiger partial charge on any atom is -0.329 e. The van der Waals surface area contributed by atoms with Gasteiger partial charge in [0.25, 0.3) is 0 Å². The van der Waals surface area contributed by atoms with Crippen molar-refractivity contribution in [3.63, 3.8) is 0 Å². The molecule has 0 aliphatic rings. The summed E-state index contributed by atoms with van der Waals surface area (Å²) < 4.78 is 38.2. The molecular formula is C14H21F3N2. The van der Waals surface area contributed by atoms with Crippen LogP contribution in [-0.2, 0) is 6.18 Å². The molecule has 0 radical (unpaired) electrons. The van der Waals surface area contributed by atoms with Crippen molar-refractivity contribution in [2.45, 2.75) is 39.0 Å². The Kier molecular flexibility index (Phi) is 5.38. The Hall–Kier alpha value is -1.07. The third-order valence-electron chi connectivity index (χ3n) is 3.25. The van der Waals surface area contributed by atoms with E-state index in [9.17, 15) is 13.2 Å². The van der Waals surface area contributed by atoms with Crippen LogP contribution in [0.1, 0.15) is 37.9 Å². The fourth-order valence-electron chi connectivity index (χ4n) is 2.33. The molecule has 19 heavy (non-hydrogen) atoms. The Morgan fingerprint density at radius 1 is 1.26 bits per heavy atom. The summed E-state index contributed by atoms with van der Waals surface area (Å²) in [6.07, 6.45) is -4.32. The highest BCUT2D eigenvalue weighted by atomic mass is 19.4. The normalized spacial score (nSPS) is 14.2. The summed E-state index contributed by atoms with van der Waals surface area (Å²) in [5.41, 5.74) is 5.75. The van der Waals surface area contributed by atoms with E-state index in [0.717, 1.165) is 12.6 Å². The highest BCUT2D eigenvalue weighted by molar-refractivity contribution is 5.28. The summed E-state index contributed by atoms with van der Waals surface area (Å²) in [6.45, 7) is 7.05. The van der Waals surface area contributed by atoms with Gasteiger partial charge in [-0.15, -0.1) is 0 Å². The topological polar surface area (TPSA) is 29.3 Å². The first kappa shape index (κ1) is 16.0. The van der Waals surface area contributed by atoms with E-state index in [2.05, 4.69) is 4.90 Å². The number of likely N-dealkylation sites (N-methyl/N-ethyl adjacent to an activating group) is 1. The maximum Gasteiger partial charge on any atom is 0.416 e. The number of rotatable bonds is 5. The lowest BCUT2D eigenvalue weighted by atomic mass is 10.0. The van der Waals surface area contributed by atoms with Crippen LogP contribution in [0.3, 0.4) is 0 Å². The van der Waals surface area contributed by atoms with Crippen molar-refractivity contribution in [2.24, 2.45) is 5.73 Å².